The van der Waals surface area contributed by atoms with Crippen molar-refractivity contribution < 1.29 is 23.9 Å². The second kappa shape index (κ2) is 4.80. The van der Waals surface area contributed by atoms with Crippen LogP contribution in [0.15, 0.2) is 0 Å². The molecule has 0 aromatic rings. The first-order valence-electron chi connectivity index (χ1n) is 5.03. The van der Waals surface area contributed by atoms with Crippen molar-refractivity contribution in [1.29, 1.82) is 0 Å². The molecular formula is C10H17NO5. The highest BCUT2D eigenvalue weighted by Crippen LogP contribution is 2.36. The summed E-state index contributed by atoms with van der Waals surface area (Å²) in [5.74, 6) is -1.16. The van der Waals surface area contributed by atoms with Gasteiger partial charge in [-0.2, -0.15) is 5.06 Å². The molecule has 92 valence electrons. The Kier molecular flexibility index (Phi) is 3.88. The summed E-state index contributed by atoms with van der Waals surface area (Å²) in [5, 5.41) is 1.48. The molecule has 1 heterocycles. The summed E-state index contributed by atoms with van der Waals surface area (Å²) in [7, 11) is 4.19. The maximum Gasteiger partial charge on any atom is 0.325 e. The Morgan fingerprint density at radius 3 is 2.25 bits per heavy atom. The largest absolute Gasteiger partial charge is 0.468 e. The summed E-state index contributed by atoms with van der Waals surface area (Å²) < 4.78 is 9.43. The summed E-state index contributed by atoms with van der Waals surface area (Å²) in [6.45, 7) is 2.01. The molecule has 0 saturated carbocycles. The van der Waals surface area contributed by atoms with Crippen LogP contribution in [-0.4, -0.2) is 50.9 Å². The van der Waals surface area contributed by atoms with Crippen molar-refractivity contribution in [3.05, 3.63) is 0 Å². The van der Waals surface area contributed by atoms with E-state index < -0.39 is 23.4 Å². The topological polar surface area (TPSA) is 65.1 Å². The summed E-state index contributed by atoms with van der Waals surface area (Å²) >= 11 is 0. The van der Waals surface area contributed by atoms with Crippen LogP contribution in [-0.2, 0) is 23.9 Å². The number of methoxy groups -OCH3 is 2. The van der Waals surface area contributed by atoms with Crippen LogP contribution in [0.25, 0.3) is 0 Å². The Labute approximate surface area is 94.4 Å². The third kappa shape index (κ3) is 1.78. The van der Waals surface area contributed by atoms with E-state index in [-0.39, 0.29) is 13.0 Å². The van der Waals surface area contributed by atoms with Crippen molar-refractivity contribution in [2.45, 2.75) is 19.4 Å². The first kappa shape index (κ1) is 12.9. The normalized spacial score (nSPS) is 24.9. The predicted molar refractivity (Wildman–Crippen MR) is 54.3 cm³/mol. The molecule has 6 nitrogen and oxygen atoms in total. The highest BCUT2D eigenvalue weighted by molar-refractivity contribution is 6.01. The highest BCUT2D eigenvalue weighted by Gasteiger charge is 2.56. The molecule has 0 bridgehead atoms. The van der Waals surface area contributed by atoms with Crippen molar-refractivity contribution in [1.82, 2.24) is 5.06 Å². The number of hydrogen-bond acceptors (Lipinski definition) is 6. The van der Waals surface area contributed by atoms with Gasteiger partial charge in [0, 0.05) is 13.5 Å². The van der Waals surface area contributed by atoms with Crippen LogP contribution >= 0.6 is 0 Å². The summed E-state index contributed by atoms with van der Waals surface area (Å²) in [4.78, 5) is 28.9. The zero-order valence-corrected chi connectivity index (χ0v) is 9.98. The van der Waals surface area contributed by atoms with Gasteiger partial charge in [0.1, 0.15) is 0 Å². The zero-order chi connectivity index (χ0) is 12.3. The molecule has 1 rings (SSSR count). The molecule has 0 aromatic heterocycles. The van der Waals surface area contributed by atoms with Crippen molar-refractivity contribution >= 4 is 11.9 Å². The first-order chi connectivity index (χ1) is 7.50. The van der Waals surface area contributed by atoms with Gasteiger partial charge in [-0.05, 0) is 6.92 Å². The quantitative estimate of drug-likeness (QED) is 0.491. The van der Waals surface area contributed by atoms with Crippen LogP contribution in [0.1, 0.15) is 13.3 Å². The number of esters is 2. The Balaban J connectivity index is 3.11. The number of nitrogens with zero attached hydrogens (tertiary/aromatic N) is 1. The average molecular weight is 231 g/mol. The van der Waals surface area contributed by atoms with Crippen molar-refractivity contribution in [2.24, 2.45) is 5.41 Å². The molecule has 16 heavy (non-hydrogen) atoms. The molecule has 0 amide bonds. The fraction of sp³-hybridized carbons (Fsp3) is 0.800. The zero-order valence-electron chi connectivity index (χ0n) is 9.98. The van der Waals surface area contributed by atoms with Gasteiger partial charge in [-0.15, -0.1) is 0 Å². The van der Waals surface area contributed by atoms with Gasteiger partial charge in [-0.1, -0.05) is 0 Å². The third-order valence-corrected chi connectivity index (χ3v) is 3.15. The van der Waals surface area contributed by atoms with E-state index >= 15 is 0 Å². The van der Waals surface area contributed by atoms with Gasteiger partial charge in [0.15, 0.2) is 5.41 Å². The van der Waals surface area contributed by atoms with Gasteiger partial charge < -0.3 is 9.47 Å². The molecule has 1 aliphatic rings. The Bertz CT molecular complexity index is 275. The van der Waals surface area contributed by atoms with Gasteiger partial charge in [-0.3, -0.25) is 14.4 Å². The van der Waals surface area contributed by atoms with E-state index in [2.05, 4.69) is 0 Å². The maximum atomic E-state index is 11.8. The summed E-state index contributed by atoms with van der Waals surface area (Å²) in [6, 6.07) is -0.429. The number of carbonyl (C=O) groups excluding carboxylic acids is 2. The lowest BCUT2D eigenvalue weighted by Crippen LogP contribution is -2.58. The lowest BCUT2D eigenvalue weighted by atomic mass is 9.77. The number of hydroxylamine groups is 2. The van der Waals surface area contributed by atoms with Crippen LogP contribution in [0.2, 0.25) is 0 Å². The monoisotopic (exact) mass is 231 g/mol. The number of hydrogen-bond donors (Lipinski definition) is 0. The molecule has 0 aliphatic carbocycles. The second-order valence-corrected chi connectivity index (χ2v) is 3.76. The minimum atomic E-state index is -1.30. The highest BCUT2D eigenvalue weighted by atomic mass is 16.7. The van der Waals surface area contributed by atoms with E-state index in [4.69, 9.17) is 14.3 Å². The number of rotatable bonds is 2. The molecule has 1 aliphatic heterocycles. The molecule has 6 heteroatoms. The van der Waals surface area contributed by atoms with E-state index in [0.29, 0.717) is 0 Å². The summed E-state index contributed by atoms with van der Waals surface area (Å²) in [6.07, 6.45) is 0.262. The molecule has 1 atom stereocenters. The van der Waals surface area contributed by atoms with Crippen LogP contribution in [0.3, 0.4) is 0 Å². The molecule has 1 saturated heterocycles. The fourth-order valence-corrected chi connectivity index (χ4v) is 1.97. The van der Waals surface area contributed by atoms with Crippen LogP contribution in [0, 0.1) is 5.41 Å². The van der Waals surface area contributed by atoms with Crippen molar-refractivity contribution in [3.63, 3.8) is 0 Å². The lowest BCUT2D eigenvalue weighted by molar-refractivity contribution is -0.239. The lowest BCUT2D eigenvalue weighted by Gasteiger charge is -2.41. The van der Waals surface area contributed by atoms with E-state index in [9.17, 15) is 9.59 Å². The van der Waals surface area contributed by atoms with Crippen LogP contribution < -0.4 is 0 Å². The molecular weight excluding hydrogens is 214 g/mol. The van der Waals surface area contributed by atoms with Gasteiger partial charge in [-0.25, -0.2) is 0 Å². The smallest absolute Gasteiger partial charge is 0.325 e. The molecule has 0 aromatic carbocycles. The average Bonchev–Trinajstić information content (AvgIpc) is 2.31. The fourth-order valence-electron chi connectivity index (χ4n) is 1.97. The van der Waals surface area contributed by atoms with Gasteiger partial charge >= 0.3 is 11.9 Å². The molecule has 0 radical (unpaired) electrons. The third-order valence-electron chi connectivity index (χ3n) is 3.15. The predicted octanol–water partition coefficient (Wildman–Crippen LogP) is -0.0256. The van der Waals surface area contributed by atoms with Crippen LogP contribution in [0.5, 0.6) is 0 Å². The Hall–Kier alpha value is -1.14. The molecule has 0 N–H and O–H groups in total. The SMILES string of the molecule is COC(=O)C1(C(=O)OC)CCON(C)C1C. The van der Waals surface area contributed by atoms with Crippen molar-refractivity contribution in [2.75, 3.05) is 27.9 Å². The molecule has 1 fully saturated rings. The molecule has 0 spiro atoms. The van der Waals surface area contributed by atoms with Crippen molar-refractivity contribution in [3.8, 4) is 0 Å². The first-order valence-corrected chi connectivity index (χ1v) is 5.03. The van der Waals surface area contributed by atoms with E-state index in [1.807, 2.05) is 0 Å². The second-order valence-electron chi connectivity index (χ2n) is 3.76. The molecule has 1 unspecified atom stereocenters. The maximum absolute atomic E-state index is 11.8. The minimum Gasteiger partial charge on any atom is -0.468 e. The van der Waals surface area contributed by atoms with E-state index in [1.54, 1.807) is 14.0 Å². The van der Waals surface area contributed by atoms with E-state index in [0.717, 1.165) is 0 Å². The number of carbonyl (C=O) groups is 2. The minimum absolute atomic E-state index is 0.262. The van der Waals surface area contributed by atoms with Gasteiger partial charge in [0.05, 0.1) is 26.9 Å². The summed E-state index contributed by atoms with van der Waals surface area (Å²) in [5.41, 5.74) is -1.30. The van der Waals surface area contributed by atoms with Gasteiger partial charge in [0.25, 0.3) is 0 Å². The van der Waals surface area contributed by atoms with Gasteiger partial charge in [0.2, 0.25) is 0 Å². The standard InChI is InChI=1S/C10H17NO5/c1-7-10(8(12)14-3,9(13)15-4)5-6-16-11(7)2/h7H,5-6H2,1-4H3. The van der Waals surface area contributed by atoms with Crippen LogP contribution in [0.4, 0.5) is 0 Å². The number of ether oxygens (including phenoxy) is 2. The van der Waals surface area contributed by atoms with E-state index in [1.165, 1.54) is 19.3 Å². The Morgan fingerprint density at radius 2 is 1.81 bits per heavy atom. The Morgan fingerprint density at radius 1 is 1.31 bits per heavy atom.